The lowest BCUT2D eigenvalue weighted by Crippen LogP contribution is -2.37. The fourth-order valence-electron chi connectivity index (χ4n) is 4.16. The second-order valence-electron chi connectivity index (χ2n) is 8.86. The normalized spacial score (nSPS) is 14.1. The molecule has 2 aromatic carbocycles. The van der Waals surface area contributed by atoms with Crippen molar-refractivity contribution in [3.8, 4) is 0 Å². The second-order valence-corrected chi connectivity index (χ2v) is 9.90. The van der Waals surface area contributed by atoms with Gasteiger partial charge in [0.15, 0.2) is 5.16 Å². The highest BCUT2D eigenvalue weighted by atomic mass is 32.2. The summed E-state index contributed by atoms with van der Waals surface area (Å²) >= 11 is 1.48. The van der Waals surface area contributed by atoms with Crippen molar-refractivity contribution in [2.45, 2.75) is 36.2 Å². The molecule has 1 amide bonds. The van der Waals surface area contributed by atoms with E-state index in [0.717, 1.165) is 84.5 Å². The van der Waals surface area contributed by atoms with Gasteiger partial charge in [0.25, 0.3) is 0 Å². The summed E-state index contributed by atoms with van der Waals surface area (Å²) in [5, 5.41) is 15.2. The van der Waals surface area contributed by atoms with Crippen LogP contribution in [0.2, 0.25) is 0 Å². The first-order chi connectivity index (χ1) is 18.2. The summed E-state index contributed by atoms with van der Waals surface area (Å²) in [6.45, 7) is 6.45. The molecule has 1 fully saturated rings. The molecule has 1 aliphatic rings. The summed E-state index contributed by atoms with van der Waals surface area (Å²) in [7, 11) is 0. The van der Waals surface area contributed by atoms with E-state index in [1.165, 1.54) is 11.8 Å². The van der Waals surface area contributed by atoms with Gasteiger partial charge in [-0.2, -0.15) is 5.10 Å². The fraction of sp³-hybridized carbons (Fsp3) is 0.333. The number of ether oxygens (including phenoxy) is 1. The largest absolute Gasteiger partial charge is 0.379 e. The molecule has 10 heteroatoms. The van der Waals surface area contributed by atoms with E-state index in [9.17, 15) is 4.79 Å². The van der Waals surface area contributed by atoms with Gasteiger partial charge in [0.05, 0.1) is 24.4 Å². The Labute approximate surface area is 220 Å². The number of amides is 1. The molecule has 9 nitrogen and oxygen atoms in total. The number of para-hydroxylation sites is 1. The van der Waals surface area contributed by atoms with Crippen LogP contribution in [0.5, 0.6) is 0 Å². The average Bonchev–Trinajstić information content (AvgIpc) is 3.38. The van der Waals surface area contributed by atoms with Gasteiger partial charge in [-0.15, -0.1) is 0 Å². The van der Waals surface area contributed by atoms with Crippen LogP contribution >= 0.6 is 11.8 Å². The monoisotopic (exact) mass is 517 g/mol. The highest BCUT2D eigenvalue weighted by Crippen LogP contribution is 2.31. The van der Waals surface area contributed by atoms with Crippen molar-refractivity contribution in [2.75, 3.05) is 43.5 Å². The third kappa shape index (κ3) is 6.85. The van der Waals surface area contributed by atoms with E-state index in [1.807, 2.05) is 54.6 Å². The molecule has 2 aromatic heterocycles. The molecule has 0 atom stereocenters. The van der Waals surface area contributed by atoms with Crippen molar-refractivity contribution >= 4 is 45.9 Å². The number of H-pyrrole nitrogens is 1. The van der Waals surface area contributed by atoms with Gasteiger partial charge < -0.3 is 15.4 Å². The molecular formula is C27H31N7O2S. The molecule has 0 spiro atoms. The molecule has 0 unspecified atom stereocenters. The Morgan fingerprint density at radius 2 is 1.92 bits per heavy atom. The van der Waals surface area contributed by atoms with Crippen LogP contribution in [0.25, 0.3) is 10.9 Å². The van der Waals surface area contributed by atoms with Crippen LogP contribution in [-0.2, 0) is 16.0 Å². The second kappa shape index (κ2) is 12.2. The Kier molecular flexibility index (Phi) is 8.29. The van der Waals surface area contributed by atoms with E-state index in [0.29, 0.717) is 11.6 Å². The third-order valence-electron chi connectivity index (χ3n) is 6.16. The summed E-state index contributed by atoms with van der Waals surface area (Å²) in [6, 6.07) is 17.7. The molecule has 0 aliphatic carbocycles. The predicted octanol–water partition coefficient (Wildman–Crippen LogP) is 4.86. The number of hydrogen-bond donors (Lipinski definition) is 3. The lowest BCUT2D eigenvalue weighted by Gasteiger charge is -2.26. The zero-order valence-corrected chi connectivity index (χ0v) is 21.7. The van der Waals surface area contributed by atoms with Crippen LogP contribution in [0.4, 0.5) is 17.3 Å². The number of aryl methyl sites for hydroxylation is 1. The van der Waals surface area contributed by atoms with Gasteiger partial charge in [-0.3, -0.25) is 14.8 Å². The van der Waals surface area contributed by atoms with Gasteiger partial charge in [-0.05, 0) is 67.5 Å². The maximum Gasteiger partial charge on any atom is 0.224 e. The van der Waals surface area contributed by atoms with Crippen molar-refractivity contribution in [3.63, 3.8) is 0 Å². The number of hydrogen-bond acceptors (Lipinski definition) is 8. The molecule has 0 saturated carbocycles. The van der Waals surface area contributed by atoms with E-state index in [1.54, 1.807) is 0 Å². The Morgan fingerprint density at radius 3 is 2.70 bits per heavy atom. The molecule has 0 bridgehead atoms. The Morgan fingerprint density at radius 1 is 1.11 bits per heavy atom. The van der Waals surface area contributed by atoms with Gasteiger partial charge in [-0.25, -0.2) is 9.97 Å². The first-order valence-corrected chi connectivity index (χ1v) is 13.4. The summed E-state index contributed by atoms with van der Waals surface area (Å²) in [5.74, 6) is 1.55. The number of aromatic amines is 1. The Hall–Kier alpha value is -3.47. The number of fused-ring (bicyclic) bond motifs is 1. The topological polar surface area (TPSA) is 108 Å². The van der Waals surface area contributed by atoms with Crippen molar-refractivity contribution in [2.24, 2.45) is 0 Å². The maximum atomic E-state index is 12.4. The quantitative estimate of drug-likeness (QED) is 0.256. The molecule has 3 N–H and O–H groups in total. The fourth-order valence-corrected chi connectivity index (χ4v) is 4.92. The van der Waals surface area contributed by atoms with Crippen LogP contribution in [0, 0.1) is 0 Å². The van der Waals surface area contributed by atoms with Crippen molar-refractivity contribution in [1.29, 1.82) is 0 Å². The molecular weight excluding hydrogens is 486 g/mol. The predicted molar refractivity (Wildman–Crippen MR) is 146 cm³/mol. The van der Waals surface area contributed by atoms with Crippen LogP contribution in [0.3, 0.4) is 0 Å². The first kappa shape index (κ1) is 25.2. The molecule has 192 valence electrons. The highest BCUT2D eigenvalue weighted by molar-refractivity contribution is 7.99. The van der Waals surface area contributed by atoms with Crippen LogP contribution in [0.1, 0.15) is 25.5 Å². The standard InChI is InChI=1S/C27H31N7O2S/c1-2-19-18-24(33-32-19)30-26-22-6-3-4-7-23(22)29-27(31-26)37-21-11-9-20(10-12-21)28-25(35)8-5-13-34-14-16-36-17-15-34/h3-4,6-7,9-12,18H,2,5,8,13-17H2,1H3,(H,28,35)(H2,29,30,31,32,33). The lowest BCUT2D eigenvalue weighted by atomic mass is 10.2. The van der Waals surface area contributed by atoms with E-state index in [2.05, 4.69) is 32.7 Å². The average molecular weight is 518 g/mol. The lowest BCUT2D eigenvalue weighted by molar-refractivity contribution is -0.116. The number of aromatic nitrogens is 4. The number of carbonyl (C=O) groups is 1. The zero-order valence-electron chi connectivity index (χ0n) is 20.9. The smallest absolute Gasteiger partial charge is 0.224 e. The number of nitrogens with zero attached hydrogens (tertiary/aromatic N) is 4. The first-order valence-electron chi connectivity index (χ1n) is 12.6. The Balaban J connectivity index is 1.21. The maximum absolute atomic E-state index is 12.4. The van der Waals surface area contributed by atoms with E-state index in [-0.39, 0.29) is 5.91 Å². The summed E-state index contributed by atoms with van der Waals surface area (Å²) < 4.78 is 5.37. The molecule has 3 heterocycles. The van der Waals surface area contributed by atoms with Crippen molar-refractivity contribution in [1.82, 2.24) is 25.1 Å². The minimum atomic E-state index is 0.0345. The number of anilines is 3. The minimum Gasteiger partial charge on any atom is -0.379 e. The van der Waals surface area contributed by atoms with Crippen LogP contribution < -0.4 is 10.6 Å². The molecule has 1 saturated heterocycles. The van der Waals surface area contributed by atoms with Gasteiger partial charge in [0, 0.05) is 41.5 Å². The third-order valence-corrected chi connectivity index (χ3v) is 7.03. The minimum absolute atomic E-state index is 0.0345. The summed E-state index contributed by atoms with van der Waals surface area (Å²) in [5.41, 5.74) is 2.63. The number of benzene rings is 2. The van der Waals surface area contributed by atoms with Gasteiger partial charge in [-0.1, -0.05) is 19.1 Å². The summed E-state index contributed by atoms with van der Waals surface area (Å²) in [4.78, 5) is 25.2. The van der Waals surface area contributed by atoms with Gasteiger partial charge >= 0.3 is 0 Å². The number of morpholine rings is 1. The van der Waals surface area contributed by atoms with Crippen molar-refractivity contribution in [3.05, 3.63) is 60.3 Å². The van der Waals surface area contributed by atoms with Gasteiger partial charge in [0.2, 0.25) is 5.91 Å². The van der Waals surface area contributed by atoms with Crippen LogP contribution in [0.15, 0.2) is 64.6 Å². The van der Waals surface area contributed by atoms with E-state index in [4.69, 9.17) is 14.7 Å². The van der Waals surface area contributed by atoms with Crippen molar-refractivity contribution < 1.29 is 9.53 Å². The number of rotatable bonds is 10. The highest BCUT2D eigenvalue weighted by Gasteiger charge is 2.12. The molecule has 1 aliphatic heterocycles. The SMILES string of the molecule is CCc1cc(Nc2nc(Sc3ccc(NC(=O)CCCN4CCOCC4)cc3)nc3ccccc23)[nH]n1. The van der Waals surface area contributed by atoms with E-state index >= 15 is 0 Å². The molecule has 4 aromatic rings. The molecule has 5 rings (SSSR count). The zero-order chi connectivity index (χ0) is 25.5. The van der Waals surface area contributed by atoms with E-state index < -0.39 is 0 Å². The Bertz CT molecular complexity index is 1340. The molecule has 0 radical (unpaired) electrons. The number of nitrogens with one attached hydrogen (secondary N) is 3. The summed E-state index contributed by atoms with van der Waals surface area (Å²) in [6.07, 6.45) is 2.20. The molecule has 37 heavy (non-hydrogen) atoms. The van der Waals surface area contributed by atoms with Crippen LogP contribution in [-0.4, -0.2) is 63.8 Å². The number of carbonyl (C=O) groups excluding carboxylic acids is 1. The van der Waals surface area contributed by atoms with Gasteiger partial charge in [0.1, 0.15) is 11.6 Å².